The number of likely N-dealkylation sites (tertiary alicyclic amines) is 1. The molecule has 0 radical (unpaired) electrons. The van der Waals surface area contributed by atoms with Crippen LogP contribution in [0, 0.1) is 0 Å². The zero-order chi connectivity index (χ0) is 16.9. The first-order chi connectivity index (χ1) is 12.4. The molecule has 4 rings (SSSR count). The summed E-state index contributed by atoms with van der Waals surface area (Å²) in [5, 5.41) is 0. The highest BCUT2D eigenvalue weighted by Gasteiger charge is 2.33. The van der Waals surface area contributed by atoms with Crippen molar-refractivity contribution in [2.45, 2.75) is 32.0 Å². The first-order valence-electron chi connectivity index (χ1n) is 9.95. The topological polar surface area (TPSA) is 26.5 Å². The molecule has 1 aromatic carbocycles. The van der Waals surface area contributed by atoms with E-state index in [1.165, 1.54) is 64.2 Å². The molecule has 1 aromatic heterocycles. The number of nitrogens with one attached hydrogen (secondary N) is 3. The van der Waals surface area contributed by atoms with Gasteiger partial charge in [0, 0.05) is 18.4 Å². The zero-order valence-electron chi connectivity index (χ0n) is 15.2. The van der Waals surface area contributed by atoms with Gasteiger partial charge in [-0.15, -0.1) is 0 Å². The van der Waals surface area contributed by atoms with Crippen molar-refractivity contribution in [1.29, 1.82) is 0 Å². The molecule has 2 aromatic rings. The summed E-state index contributed by atoms with van der Waals surface area (Å²) in [7, 11) is 0. The SMILES string of the molecule is c1ccc(C[NH+]2CCC([NH+]3CC[NH+](Cc4ccco4)CC3)CC2)cc1. The van der Waals surface area contributed by atoms with Gasteiger partial charge in [0.1, 0.15) is 39.3 Å². The quantitative estimate of drug-likeness (QED) is 0.626. The molecule has 3 N–H and O–H groups in total. The Morgan fingerprint density at radius 3 is 2.16 bits per heavy atom. The van der Waals surface area contributed by atoms with Gasteiger partial charge in [-0.3, -0.25) is 0 Å². The van der Waals surface area contributed by atoms with Crippen LogP contribution in [0.25, 0.3) is 0 Å². The van der Waals surface area contributed by atoms with Crippen molar-refractivity contribution in [1.82, 2.24) is 0 Å². The summed E-state index contributed by atoms with van der Waals surface area (Å²) in [4.78, 5) is 5.32. The fourth-order valence-electron chi connectivity index (χ4n) is 4.66. The molecule has 2 fully saturated rings. The van der Waals surface area contributed by atoms with Crippen molar-refractivity contribution < 1.29 is 19.1 Å². The fourth-order valence-corrected chi connectivity index (χ4v) is 4.66. The average molecular weight is 343 g/mol. The average Bonchev–Trinajstić information content (AvgIpc) is 3.17. The molecular formula is C21H32N3O+3. The number of hydrogen-bond acceptors (Lipinski definition) is 1. The van der Waals surface area contributed by atoms with Crippen LogP contribution in [0.5, 0.6) is 0 Å². The number of piperidine rings is 1. The lowest BCUT2D eigenvalue weighted by Gasteiger charge is -2.37. The summed E-state index contributed by atoms with van der Waals surface area (Å²) in [6.07, 6.45) is 4.58. The standard InChI is InChI=1S/C21H29N3O/c1-2-5-19(6-3-1)17-22-10-8-20(9-11-22)24-14-12-23(13-15-24)18-21-7-4-16-25-21/h1-7,16,20H,8-15,17-18H2/p+3. The molecule has 0 aliphatic carbocycles. The minimum atomic E-state index is 0.893. The van der Waals surface area contributed by atoms with Gasteiger partial charge in [-0.2, -0.15) is 0 Å². The maximum absolute atomic E-state index is 5.51. The first-order valence-corrected chi connectivity index (χ1v) is 9.95. The Morgan fingerprint density at radius 2 is 1.48 bits per heavy atom. The molecule has 0 bridgehead atoms. The summed E-state index contributed by atoms with van der Waals surface area (Å²) >= 11 is 0. The zero-order valence-corrected chi connectivity index (χ0v) is 15.2. The second-order valence-corrected chi connectivity index (χ2v) is 7.85. The monoisotopic (exact) mass is 342 g/mol. The molecule has 0 spiro atoms. The second-order valence-electron chi connectivity index (χ2n) is 7.85. The van der Waals surface area contributed by atoms with E-state index in [1.54, 1.807) is 16.1 Å². The predicted octanol–water partition coefficient (Wildman–Crippen LogP) is -1.19. The van der Waals surface area contributed by atoms with Crippen LogP contribution in [-0.4, -0.2) is 45.3 Å². The Balaban J connectivity index is 1.20. The third-order valence-corrected chi connectivity index (χ3v) is 6.17. The molecule has 0 saturated carbocycles. The Kier molecular flexibility index (Phi) is 5.50. The van der Waals surface area contributed by atoms with Gasteiger partial charge in [-0.1, -0.05) is 30.3 Å². The Hall–Kier alpha value is -1.62. The van der Waals surface area contributed by atoms with Crippen LogP contribution in [0.1, 0.15) is 24.2 Å². The van der Waals surface area contributed by atoms with E-state index in [0.29, 0.717) is 0 Å². The van der Waals surface area contributed by atoms with Gasteiger partial charge in [-0.05, 0) is 12.1 Å². The van der Waals surface area contributed by atoms with Gasteiger partial charge >= 0.3 is 0 Å². The van der Waals surface area contributed by atoms with Crippen LogP contribution >= 0.6 is 0 Å². The lowest BCUT2D eigenvalue weighted by molar-refractivity contribution is -1.04. The van der Waals surface area contributed by atoms with Crippen molar-refractivity contribution in [3.8, 4) is 0 Å². The number of piperazine rings is 1. The van der Waals surface area contributed by atoms with E-state index in [4.69, 9.17) is 4.42 Å². The van der Waals surface area contributed by atoms with E-state index >= 15 is 0 Å². The van der Waals surface area contributed by atoms with Gasteiger partial charge in [0.05, 0.1) is 25.4 Å². The van der Waals surface area contributed by atoms with E-state index < -0.39 is 0 Å². The fraction of sp³-hybridized carbons (Fsp3) is 0.524. The van der Waals surface area contributed by atoms with E-state index in [9.17, 15) is 0 Å². The third-order valence-electron chi connectivity index (χ3n) is 6.17. The van der Waals surface area contributed by atoms with Crippen LogP contribution in [0.3, 0.4) is 0 Å². The van der Waals surface area contributed by atoms with E-state index in [2.05, 4.69) is 36.4 Å². The predicted molar refractivity (Wildman–Crippen MR) is 97.7 cm³/mol. The van der Waals surface area contributed by atoms with Crippen molar-refractivity contribution >= 4 is 0 Å². The Labute approximate surface area is 151 Å². The van der Waals surface area contributed by atoms with E-state index in [0.717, 1.165) is 18.3 Å². The second kappa shape index (κ2) is 8.17. The van der Waals surface area contributed by atoms with Gasteiger partial charge in [0.2, 0.25) is 0 Å². The lowest BCUT2D eigenvalue weighted by atomic mass is 10.0. The van der Waals surface area contributed by atoms with Crippen LogP contribution in [0.4, 0.5) is 0 Å². The highest BCUT2D eigenvalue weighted by molar-refractivity contribution is 5.13. The molecule has 3 heterocycles. The minimum Gasteiger partial charge on any atom is -0.463 e. The molecule has 0 unspecified atom stereocenters. The lowest BCUT2D eigenvalue weighted by Crippen LogP contribution is -3.30. The number of rotatable bonds is 5. The highest BCUT2D eigenvalue weighted by Crippen LogP contribution is 2.00. The first kappa shape index (κ1) is 16.8. The molecule has 0 atom stereocenters. The van der Waals surface area contributed by atoms with Crippen LogP contribution in [-0.2, 0) is 13.1 Å². The molecule has 2 aliphatic rings. The van der Waals surface area contributed by atoms with Gasteiger partial charge in [0.25, 0.3) is 0 Å². The van der Waals surface area contributed by atoms with Crippen molar-refractivity contribution in [2.75, 3.05) is 39.3 Å². The minimum absolute atomic E-state index is 0.893. The summed E-state index contributed by atoms with van der Waals surface area (Å²) < 4.78 is 5.51. The normalized spacial score (nSPS) is 30.2. The van der Waals surface area contributed by atoms with Crippen LogP contribution in [0.15, 0.2) is 53.1 Å². The number of furan rings is 1. The maximum Gasteiger partial charge on any atom is 0.157 e. The van der Waals surface area contributed by atoms with E-state index in [1.807, 2.05) is 11.0 Å². The summed E-state index contributed by atoms with van der Waals surface area (Å²) in [5.74, 6) is 1.14. The molecule has 2 aliphatic heterocycles. The Bertz CT molecular complexity index is 612. The maximum atomic E-state index is 5.51. The summed E-state index contributed by atoms with van der Waals surface area (Å²) in [6.45, 7) is 10.2. The van der Waals surface area contributed by atoms with Gasteiger partial charge in [-0.25, -0.2) is 0 Å². The number of hydrogen-bond donors (Lipinski definition) is 3. The van der Waals surface area contributed by atoms with Crippen LogP contribution < -0.4 is 14.7 Å². The van der Waals surface area contributed by atoms with E-state index in [-0.39, 0.29) is 0 Å². The van der Waals surface area contributed by atoms with Gasteiger partial charge in [0.15, 0.2) is 5.76 Å². The highest BCUT2D eigenvalue weighted by atomic mass is 16.3. The molecule has 4 heteroatoms. The third kappa shape index (κ3) is 4.51. The van der Waals surface area contributed by atoms with Crippen molar-refractivity contribution in [2.24, 2.45) is 0 Å². The smallest absolute Gasteiger partial charge is 0.157 e. The van der Waals surface area contributed by atoms with Crippen LogP contribution in [0.2, 0.25) is 0 Å². The van der Waals surface area contributed by atoms with Crippen molar-refractivity contribution in [3.05, 3.63) is 60.1 Å². The number of benzene rings is 1. The molecular weight excluding hydrogens is 310 g/mol. The molecule has 4 nitrogen and oxygen atoms in total. The van der Waals surface area contributed by atoms with Crippen molar-refractivity contribution in [3.63, 3.8) is 0 Å². The molecule has 25 heavy (non-hydrogen) atoms. The van der Waals surface area contributed by atoms with Gasteiger partial charge < -0.3 is 19.1 Å². The molecule has 0 amide bonds. The Morgan fingerprint density at radius 1 is 0.760 bits per heavy atom. The summed E-state index contributed by atoms with van der Waals surface area (Å²) in [6, 6.07) is 16.0. The largest absolute Gasteiger partial charge is 0.463 e. The molecule has 134 valence electrons. The molecule has 2 saturated heterocycles. The number of quaternary nitrogens is 3. The summed E-state index contributed by atoms with van der Waals surface area (Å²) in [5.41, 5.74) is 1.48.